The van der Waals surface area contributed by atoms with Gasteiger partial charge in [-0.2, -0.15) is 4.98 Å². The first kappa shape index (κ1) is 20.3. The number of ether oxygens (including phenoxy) is 1. The van der Waals surface area contributed by atoms with Crippen LogP contribution in [0.15, 0.2) is 22.2 Å². The maximum absolute atomic E-state index is 12.8. The molecule has 0 aliphatic heterocycles. The average Bonchev–Trinajstić information content (AvgIpc) is 3.03. The van der Waals surface area contributed by atoms with Crippen molar-refractivity contribution in [2.24, 2.45) is 14.1 Å². The summed E-state index contributed by atoms with van der Waals surface area (Å²) in [5.41, 5.74) is -0.251. The first-order chi connectivity index (χ1) is 13.4. The van der Waals surface area contributed by atoms with Crippen LogP contribution >= 0.6 is 0 Å². The molecule has 3 rings (SSSR count). The lowest BCUT2D eigenvalue weighted by Crippen LogP contribution is -2.38. The van der Waals surface area contributed by atoms with E-state index in [4.69, 9.17) is 4.74 Å². The van der Waals surface area contributed by atoms with Crippen LogP contribution in [-0.4, -0.2) is 49.2 Å². The Morgan fingerprint density at radius 3 is 2.68 bits per heavy atom. The average molecular weight is 391 g/mol. The van der Waals surface area contributed by atoms with Crippen LogP contribution in [0.3, 0.4) is 0 Å². The molecule has 0 radical (unpaired) electrons. The molecule has 0 amide bonds. The summed E-state index contributed by atoms with van der Waals surface area (Å²) in [6.07, 6.45) is 6.37. The highest BCUT2D eigenvalue weighted by Gasteiger charge is 2.23. The molecule has 1 atom stereocenters. The lowest BCUT2D eigenvalue weighted by atomic mass is 9.96. The Kier molecular flexibility index (Phi) is 6.35. The van der Waals surface area contributed by atoms with Crippen LogP contribution in [0, 0.1) is 0 Å². The minimum absolute atomic E-state index is 0.112. The van der Waals surface area contributed by atoms with Gasteiger partial charge in [-0.25, -0.2) is 4.79 Å². The topological polar surface area (TPSA) is 103 Å². The minimum Gasteiger partial charge on any atom is -0.389 e. The van der Waals surface area contributed by atoms with Crippen LogP contribution in [0.25, 0.3) is 11.2 Å². The Hall–Kier alpha value is -2.39. The van der Waals surface area contributed by atoms with Crippen LogP contribution in [0.2, 0.25) is 0 Å². The van der Waals surface area contributed by atoms with Gasteiger partial charge in [0, 0.05) is 20.1 Å². The van der Waals surface area contributed by atoms with E-state index in [-0.39, 0.29) is 19.2 Å². The second-order valence-electron chi connectivity index (χ2n) is 7.38. The number of aryl methyl sites for hydroxylation is 1. The molecule has 0 aromatic carbocycles. The Morgan fingerprint density at radius 1 is 1.29 bits per heavy atom. The molecule has 9 heteroatoms. The quantitative estimate of drug-likeness (QED) is 0.508. The molecule has 28 heavy (non-hydrogen) atoms. The van der Waals surface area contributed by atoms with Crippen molar-refractivity contribution in [1.82, 2.24) is 18.7 Å². The van der Waals surface area contributed by atoms with Crippen molar-refractivity contribution < 1.29 is 9.84 Å². The van der Waals surface area contributed by atoms with Crippen LogP contribution in [-0.2, 0) is 25.4 Å². The highest BCUT2D eigenvalue weighted by molar-refractivity contribution is 5.74. The van der Waals surface area contributed by atoms with Crippen LogP contribution in [0.4, 0.5) is 5.95 Å². The molecule has 1 aliphatic rings. The number of anilines is 1. The van der Waals surface area contributed by atoms with Crippen LogP contribution < -0.4 is 16.6 Å². The highest BCUT2D eigenvalue weighted by Crippen LogP contribution is 2.23. The molecule has 2 aromatic rings. The Bertz CT molecular complexity index is 952. The Balaban J connectivity index is 2.02. The molecule has 0 spiro atoms. The fraction of sp³-hybridized carbons (Fsp3) is 0.632. The monoisotopic (exact) mass is 391 g/mol. The molecule has 2 heterocycles. The molecular weight excluding hydrogens is 362 g/mol. The number of rotatable bonds is 8. The summed E-state index contributed by atoms with van der Waals surface area (Å²) in [5, 5.41) is 13.8. The number of imidazole rings is 1. The summed E-state index contributed by atoms with van der Waals surface area (Å²) in [6, 6.07) is 0.263. The molecule has 0 saturated heterocycles. The summed E-state index contributed by atoms with van der Waals surface area (Å²) < 4.78 is 9.43. The first-order valence-electron chi connectivity index (χ1n) is 9.73. The number of nitrogens with zero attached hydrogens (tertiary/aromatic N) is 4. The normalized spacial score (nSPS) is 16.4. The zero-order valence-electron chi connectivity index (χ0n) is 16.6. The number of aliphatic hydroxyl groups excluding tert-OH is 1. The van der Waals surface area contributed by atoms with Crippen molar-refractivity contribution in [3.05, 3.63) is 33.5 Å². The predicted octanol–water partition coefficient (Wildman–Crippen LogP) is 0.742. The summed E-state index contributed by atoms with van der Waals surface area (Å²) in [7, 11) is 3.04. The summed E-state index contributed by atoms with van der Waals surface area (Å²) >= 11 is 0. The van der Waals surface area contributed by atoms with Gasteiger partial charge in [-0.1, -0.05) is 25.3 Å². The lowest BCUT2D eigenvalue weighted by molar-refractivity contribution is 0.0405. The van der Waals surface area contributed by atoms with Crippen molar-refractivity contribution in [3.8, 4) is 0 Å². The van der Waals surface area contributed by atoms with E-state index in [0.717, 1.165) is 30.3 Å². The highest BCUT2D eigenvalue weighted by atomic mass is 16.5. The van der Waals surface area contributed by atoms with Gasteiger partial charge in [0.1, 0.15) is 0 Å². The number of aromatic nitrogens is 4. The van der Waals surface area contributed by atoms with E-state index in [9.17, 15) is 14.7 Å². The van der Waals surface area contributed by atoms with Gasteiger partial charge in [-0.05, 0) is 12.8 Å². The van der Waals surface area contributed by atoms with E-state index in [1.165, 1.54) is 18.0 Å². The molecule has 1 saturated carbocycles. The van der Waals surface area contributed by atoms with Gasteiger partial charge >= 0.3 is 5.69 Å². The number of hydrogen-bond donors (Lipinski definition) is 2. The summed E-state index contributed by atoms with van der Waals surface area (Å²) in [6.45, 7) is 4.17. The van der Waals surface area contributed by atoms with E-state index in [2.05, 4.69) is 16.9 Å². The first-order valence-corrected chi connectivity index (χ1v) is 9.73. The number of nitrogens with one attached hydrogen (secondary N) is 1. The van der Waals surface area contributed by atoms with Gasteiger partial charge in [-0.15, -0.1) is 6.58 Å². The molecule has 1 aliphatic carbocycles. The third kappa shape index (κ3) is 4.05. The zero-order valence-corrected chi connectivity index (χ0v) is 16.6. The maximum atomic E-state index is 12.8. The van der Waals surface area contributed by atoms with Gasteiger partial charge in [-0.3, -0.25) is 13.9 Å². The minimum atomic E-state index is -0.828. The Morgan fingerprint density at radius 2 is 2.00 bits per heavy atom. The van der Waals surface area contributed by atoms with Gasteiger partial charge in [0.25, 0.3) is 5.56 Å². The second kappa shape index (κ2) is 8.74. The summed E-state index contributed by atoms with van der Waals surface area (Å²) in [5.74, 6) is 0.503. The standard InChI is InChI=1S/C19H29N5O4/c1-4-10-28-12-14(25)11-24-15-16(22(2)19(27)23(3)17(15)26)21-18(24)20-13-8-6-5-7-9-13/h4,13-14,25H,1,5-12H2,2-3H3,(H,20,21)/t14-/m1/s1. The van der Waals surface area contributed by atoms with Crippen molar-refractivity contribution in [2.45, 2.75) is 50.8 Å². The number of aliphatic hydroxyl groups is 1. The molecule has 9 nitrogen and oxygen atoms in total. The van der Waals surface area contributed by atoms with Crippen LogP contribution in [0.5, 0.6) is 0 Å². The molecule has 0 unspecified atom stereocenters. The Labute approximate surface area is 163 Å². The smallest absolute Gasteiger partial charge is 0.332 e. The fourth-order valence-corrected chi connectivity index (χ4v) is 3.71. The fourth-order valence-electron chi connectivity index (χ4n) is 3.71. The largest absolute Gasteiger partial charge is 0.389 e. The molecule has 154 valence electrons. The van der Waals surface area contributed by atoms with Crippen molar-refractivity contribution in [1.29, 1.82) is 0 Å². The van der Waals surface area contributed by atoms with Gasteiger partial charge in [0.05, 0.1) is 25.9 Å². The van der Waals surface area contributed by atoms with Crippen molar-refractivity contribution in [3.63, 3.8) is 0 Å². The predicted molar refractivity (Wildman–Crippen MR) is 108 cm³/mol. The third-order valence-corrected chi connectivity index (χ3v) is 5.23. The van der Waals surface area contributed by atoms with E-state index in [0.29, 0.717) is 23.7 Å². The van der Waals surface area contributed by atoms with Gasteiger partial charge in [0.2, 0.25) is 5.95 Å². The lowest BCUT2D eigenvalue weighted by Gasteiger charge is -2.24. The van der Waals surface area contributed by atoms with Crippen molar-refractivity contribution in [2.75, 3.05) is 18.5 Å². The van der Waals surface area contributed by atoms with Gasteiger partial charge in [0.15, 0.2) is 11.2 Å². The summed E-state index contributed by atoms with van der Waals surface area (Å²) in [4.78, 5) is 29.6. The van der Waals surface area contributed by atoms with E-state index >= 15 is 0 Å². The van der Waals surface area contributed by atoms with E-state index < -0.39 is 17.4 Å². The molecule has 2 N–H and O–H groups in total. The molecule has 2 aromatic heterocycles. The number of hydrogen-bond acceptors (Lipinski definition) is 6. The molecule has 0 bridgehead atoms. The molecular formula is C19H29N5O4. The third-order valence-electron chi connectivity index (χ3n) is 5.23. The zero-order chi connectivity index (χ0) is 20.3. The van der Waals surface area contributed by atoms with Crippen LogP contribution in [0.1, 0.15) is 32.1 Å². The van der Waals surface area contributed by atoms with Gasteiger partial charge < -0.3 is 19.7 Å². The molecule has 1 fully saturated rings. The maximum Gasteiger partial charge on any atom is 0.332 e. The van der Waals surface area contributed by atoms with E-state index in [1.807, 2.05) is 0 Å². The number of fused-ring (bicyclic) bond motifs is 1. The van der Waals surface area contributed by atoms with E-state index in [1.54, 1.807) is 17.7 Å². The van der Waals surface area contributed by atoms with Crippen molar-refractivity contribution >= 4 is 17.1 Å². The second-order valence-corrected chi connectivity index (χ2v) is 7.38. The SMILES string of the molecule is C=CCOC[C@H](O)Cn1c(NC2CCCCC2)nc2c1c(=O)n(C)c(=O)n2C.